The van der Waals surface area contributed by atoms with Gasteiger partial charge in [0.15, 0.2) is 0 Å². The molecule has 0 fully saturated rings. The summed E-state index contributed by atoms with van der Waals surface area (Å²) < 4.78 is 4.53. The highest BCUT2D eigenvalue weighted by atomic mass is 16.5. The molecule has 11 nitrogen and oxygen atoms in total. The Morgan fingerprint density at radius 1 is 1.06 bits per heavy atom. The van der Waals surface area contributed by atoms with Crippen molar-refractivity contribution in [3.05, 3.63) is 24.3 Å². The van der Waals surface area contributed by atoms with Gasteiger partial charge in [-0.1, -0.05) is 32.1 Å². The lowest BCUT2D eigenvalue weighted by atomic mass is 10.0. The van der Waals surface area contributed by atoms with E-state index in [1.54, 1.807) is 12.2 Å². The maximum atomic E-state index is 12.8. The van der Waals surface area contributed by atoms with Gasteiger partial charge in [-0.3, -0.25) is 14.4 Å². The van der Waals surface area contributed by atoms with E-state index in [4.69, 9.17) is 0 Å². The molecule has 1 aliphatic heterocycles. The number of ether oxygens (including phenoxy) is 1. The molecule has 4 unspecified atom stereocenters. The zero-order chi connectivity index (χ0) is 24.3. The molecule has 0 saturated carbocycles. The third kappa shape index (κ3) is 9.19. The Bertz CT molecular complexity index is 764. The van der Waals surface area contributed by atoms with Crippen LogP contribution in [-0.4, -0.2) is 67.5 Å². The fourth-order valence-corrected chi connectivity index (χ4v) is 2.67. The summed E-state index contributed by atoms with van der Waals surface area (Å²) in [6.07, 6.45) is 6.68. The van der Waals surface area contributed by atoms with Gasteiger partial charge < -0.3 is 31.3 Å². The predicted molar refractivity (Wildman–Crippen MR) is 117 cm³/mol. The van der Waals surface area contributed by atoms with Crippen molar-refractivity contribution in [1.82, 2.24) is 26.6 Å². The van der Waals surface area contributed by atoms with Crippen molar-refractivity contribution < 1.29 is 28.7 Å². The highest BCUT2D eigenvalue weighted by molar-refractivity contribution is 5.93. The number of urea groups is 1. The number of rotatable bonds is 6. The Morgan fingerprint density at radius 2 is 1.72 bits per heavy atom. The Balaban J connectivity index is 2.82. The van der Waals surface area contributed by atoms with Crippen LogP contribution in [0.2, 0.25) is 0 Å². The van der Waals surface area contributed by atoms with Gasteiger partial charge in [0.1, 0.15) is 18.1 Å². The van der Waals surface area contributed by atoms with Crippen LogP contribution in [0.1, 0.15) is 34.1 Å². The number of amides is 5. The monoisotopic (exact) mass is 451 g/mol. The van der Waals surface area contributed by atoms with Gasteiger partial charge >= 0.3 is 12.0 Å². The summed E-state index contributed by atoms with van der Waals surface area (Å²) in [7, 11) is 1.20. The average Bonchev–Trinajstić information content (AvgIpc) is 2.73. The topological polar surface area (TPSA) is 155 Å². The number of carbonyl (C=O) groups is 5. The van der Waals surface area contributed by atoms with Crippen molar-refractivity contribution in [3.63, 3.8) is 0 Å². The van der Waals surface area contributed by atoms with Gasteiger partial charge in [0.05, 0.1) is 7.11 Å². The average molecular weight is 452 g/mol. The fraction of sp³-hybridized carbons (Fsp3) is 0.571. The second kappa shape index (κ2) is 13.1. The normalized spacial score (nSPS) is 21.2. The largest absolute Gasteiger partial charge is 0.467 e. The maximum absolute atomic E-state index is 12.8. The van der Waals surface area contributed by atoms with E-state index >= 15 is 0 Å². The van der Waals surface area contributed by atoms with Crippen LogP contribution in [0.5, 0.6) is 0 Å². The SMILES string of the molecule is COC(=O)C(C)NC(=O)NC(C)C(=O)NC1C=CCCNC(=O)C=CC(C(C)C)NC1=O. The molecule has 4 atom stereocenters. The summed E-state index contributed by atoms with van der Waals surface area (Å²) in [6, 6.07) is -4.00. The summed E-state index contributed by atoms with van der Waals surface area (Å²) in [5.41, 5.74) is 0. The fourth-order valence-electron chi connectivity index (χ4n) is 2.67. The van der Waals surface area contributed by atoms with Crippen LogP contribution in [0.4, 0.5) is 4.79 Å². The number of nitrogens with one attached hydrogen (secondary N) is 5. The summed E-state index contributed by atoms with van der Waals surface area (Å²) in [5, 5.41) is 12.9. The Morgan fingerprint density at radius 3 is 2.34 bits per heavy atom. The predicted octanol–water partition coefficient (Wildman–Crippen LogP) is -0.506. The zero-order valence-corrected chi connectivity index (χ0v) is 19.1. The van der Waals surface area contributed by atoms with E-state index in [1.165, 1.54) is 33.1 Å². The number of hydrogen-bond donors (Lipinski definition) is 5. The minimum absolute atomic E-state index is 0.00681. The molecule has 0 spiro atoms. The third-order valence-corrected chi connectivity index (χ3v) is 4.64. The van der Waals surface area contributed by atoms with Gasteiger partial charge in [0.2, 0.25) is 17.7 Å². The molecular weight excluding hydrogens is 418 g/mol. The van der Waals surface area contributed by atoms with Gasteiger partial charge in [0.25, 0.3) is 0 Å². The first-order valence-electron chi connectivity index (χ1n) is 10.4. The molecule has 0 aliphatic carbocycles. The number of hydrogen-bond acceptors (Lipinski definition) is 6. The lowest BCUT2D eigenvalue weighted by Crippen LogP contribution is -2.55. The quantitative estimate of drug-likeness (QED) is 0.271. The van der Waals surface area contributed by atoms with Crippen molar-refractivity contribution in [2.24, 2.45) is 5.92 Å². The third-order valence-electron chi connectivity index (χ3n) is 4.64. The highest BCUT2D eigenvalue weighted by Crippen LogP contribution is 2.05. The van der Waals surface area contributed by atoms with E-state index in [2.05, 4.69) is 31.3 Å². The van der Waals surface area contributed by atoms with Crippen LogP contribution < -0.4 is 26.6 Å². The molecule has 0 bridgehead atoms. The van der Waals surface area contributed by atoms with Crippen molar-refractivity contribution in [3.8, 4) is 0 Å². The van der Waals surface area contributed by atoms with Gasteiger partial charge in [-0.05, 0) is 26.2 Å². The molecule has 178 valence electrons. The van der Waals surface area contributed by atoms with Crippen LogP contribution in [0, 0.1) is 5.92 Å². The smallest absolute Gasteiger partial charge is 0.328 e. The first-order valence-corrected chi connectivity index (χ1v) is 10.4. The molecule has 1 heterocycles. The zero-order valence-electron chi connectivity index (χ0n) is 19.1. The minimum Gasteiger partial charge on any atom is -0.467 e. The van der Waals surface area contributed by atoms with E-state index in [0.29, 0.717) is 13.0 Å². The van der Waals surface area contributed by atoms with E-state index in [0.717, 1.165) is 0 Å². The highest BCUT2D eigenvalue weighted by Gasteiger charge is 2.25. The molecule has 0 saturated heterocycles. The molecule has 0 radical (unpaired) electrons. The Hall–Kier alpha value is -3.37. The molecular formula is C21H33N5O6. The Labute approximate surface area is 187 Å². The first-order chi connectivity index (χ1) is 15.0. The van der Waals surface area contributed by atoms with Gasteiger partial charge in [-0.15, -0.1) is 0 Å². The summed E-state index contributed by atoms with van der Waals surface area (Å²) in [6.45, 7) is 7.05. The lowest BCUT2D eigenvalue weighted by molar-refractivity contribution is -0.142. The second-order valence-corrected chi connectivity index (χ2v) is 7.72. The minimum atomic E-state index is -0.984. The number of methoxy groups -OCH3 is 1. The molecule has 0 aromatic rings. The molecule has 11 heteroatoms. The molecule has 1 rings (SSSR count). The van der Waals surface area contributed by atoms with Crippen LogP contribution in [0.25, 0.3) is 0 Å². The van der Waals surface area contributed by atoms with Gasteiger partial charge in [-0.2, -0.15) is 0 Å². The standard InChI is InChI=1S/C21H33N5O6/c1-12(2)15-9-10-17(27)22-11-7-6-8-16(19(29)25-15)26-18(28)13(3)23-21(31)24-14(4)20(30)32-5/h6,8-10,12-16H,7,11H2,1-5H3,(H,22,27)(H,25,29)(H,26,28)(H2,23,24,31). The van der Waals surface area contributed by atoms with Crippen molar-refractivity contribution in [1.29, 1.82) is 0 Å². The van der Waals surface area contributed by atoms with Crippen molar-refractivity contribution in [2.75, 3.05) is 13.7 Å². The van der Waals surface area contributed by atoms with Gasteiger partial charge in [-0.25, -0.2) is 9.59 Å². The molecule has 5 amide bonds. The molecule has 32 heavy (non-hydrogen) atoms. The molecule has 5 N–H and O–H groups in total. The number of carbonyl (C=O) groups excluding carboxylic acids is 5. The van der Waals surface area contributed by atoms with E-state index in [-0.39, 0.29) is 11.8 Å². The van der Waals surface area contributed by atoms with Crippen LogP contribution in [-0.2, 0) is 23.9 Å². The second-order valence-electron chi connectivity index (χ2n) is 7.72. The summed E-state index contributed by atoms with van der Waals surface area (Å²) in [4.78, 5) is 60.5. The number of esters is 1. The van der Waals surface area contributed by atoms with Crippen LogP contribution in [0.15, 0.2) is 24.3 Å². The van der Waals surface area contributed by atoms with Crippen LogP contribution in [0.3, 0.4) is 0 Å². The van der Waals surface area contributed by atoms with E-state index in [9.17, 15) is 24.0 Å². The van der Waals surface area contributed by atoms with Gasteiger partial charge in [0, 0.05) is 18.7 Å². The Kier molecular flexibility index (Phi) is 10.9. The maximum Gasteiger partial charge on any atom is 0.328 e. The molecule has 0 aromatic heterocycles. The molecule has 1 aliphatic rings. The molecule has 0 aromatic carbocycles. The first kappa shape index (κ1) is 26.7. The van der Waals surface area contributed by atoms with Crippen molar-refractivity contribution in [2.45, 2.75) is 58.3 Å². The summed E-state index contributed by atoms with van der Waals surface area (Å²) >= 11 is 0. The lowest BCUT2D eigenvalue weighted by Gasteiger charge is -2.24. The summed E-state index contributed by atoms with van der Waals surface area (Å²) in [5.74, 6) is -1.91. The van der Waals surface area contributed by atoms with Crippen molar-refractivity contribution >= 4 is 29.7 Å². The van der Waals surface area contributed by atoms with E-state index in [1.807, 2.05) is 13.8 Å². The van der Waals surface area contributed by atoms with Crippen LogP contribution >= 0.6 is 0 Å². The van der Waals surface area contributed by atoms with E-state index < -0.39 is 48.0 Å².